The molecule has 2 aliphatic heterocycles. The van der Waals surface area contributed by atoms with Crippen LogP contribution in [-0.4, -0.2) is 72.5 Å². The highest BCUT2D eigenvalue weighted by atomic mass is 16.5. The van der Waals surface area contributed by atoms with Crippen LogP contribution in [0, 0.1) is 0 Å². The highest BCUT2D eigenvalue weighted by molar-refractivity contribution is 5.99. The Balaban J connectivity index is 1.18. The maximum atomic E-state index is 13.2. The Labute approximate surface area is 213 Å². The van der Waals surface area contributed by atoms with Crippen LogP contribution in [0.15, 0.2) is 60.7 Å². The Morgan fingerprint density at radius 3 is 2.33 bits per heavy atom. The number of alkyl carbamates (subject to hydrolysis) is 1. The minimum atomic E-state index is -0.768. The van der Waals surface area contributed by atoms with Crippen molar-refractivity contribution in [3.8, 4) is 0 Å². The molecule has 0 aliphatic carbocycles. The molecule has 0 bridgehead atoms. The number of amides is 3. The van der Waals surface area contributed by atoms with Gasteiger partial charge in [-0.15, -0.1) is 0 Å². The lowest BCUT2D eigenvalue weighted by atomic mass is 9.82. The number of carbonyl (C=O) groups excluding carboxylic acids is 3. The monoisotopic (exact) mass is 492 g/mol. The molecule has 0 radical (unpaired) electrons. The molecule has 2 aromatic rings. The van der Waals surface area contributed by atoms with Crippen molar-refractivity contribution < 1.29 is 19.1 Å². The predicted molar refractivity (Wildman–Crippen MR) is 137 cm³/mol. The van der Waals surface area contributed by atoms with Crippen molar-refractivity contribution in [1.82, 2.24) is 20.4 Å². The molecule has 2 heterocycles. The third kappa shape index (κ3) is 6.23. The second-order valence-corrected chi connectivity index (χ2v) is 9.66. The number of piperazine rings is 1. The Morgan fingerprint density at radius 2 is 1.67 bits per heavy atom. The van der Waals surface area contributed by atoms with Gasteiger partial charge in [0.05, 0.1) is 0 Å². The standard InChI is InChI=1S/C28H36N4O4/c1-31-25(33)24(13-8-17-29-27(35)36-21-23-11-6-3-7-12-23)30-26(34)28(31)15-19-32(20-16-28)18-14-22-9-4-2-5-10-22/h2-7,9-12,24H,8,13-21H2,1H3,(H,29,35)(H,30,34)/t24-/m0/s1. The van der Waals surface area contributed by atoms with Gasteiger partial charge in [-0.1, -0.05) is 60.7 Å². The lowest BCUT2D eigenvalue weighted by molar-refractivity contribution is -0.159. The molecule has 2 fully saturated rings. The maximum Gasteiger partial charge on any atom is 0.407 e. The molecular weight excluding hydrogens is 456 g/mol. The van der Waals surface area contributed by atoms with E-state index in [0.29, 0.717) is 32.2 Å². The fourth-order valence-electron chi connectivity index (χ4n) is 5.06. The quantitative estimate of drug-likeness (QED) is 0.526. The lowest BCUT2D eigenvalue weighted by Crippen LogP contribution is -2.71. The number of likely N-dealkylation sites (tertiary alicyclic amines) is 1. The van der Waals surface area contributed by atoms with Crippen molar-refractivity contribution in [3.05, 3.63) is 71.8 Å². The molecular formula is C28H36N4O4. The molecule has 2 saturated heterocycles. The number of nitrogens with zero attached hydrogens (tertiary/aromatic N) is 2. The van der Waals surface area contributed by atoms with Crippen LogP contribution in [0.1, 0.15) is 36.8 Å². The average Bonchev–Trinajstić information content (AvgIpc) is 2.92. The van der Waals surface area contributed by atoms with E-state index in [9.17, 15) is 14.4 Å². The van der Waals surface area contributed by atoms with Crippen molar-refractivity contribution in [2.24, 2.45) is 0 Å². The van der Waals surface area contributed by atoms with Crippen LogP contribution in [0.25, 0.3) is 0 Å². The van der Waals surface area contributed by atoms with Crippen LogP contribution >= 0.6 is 0 Å². The van der Waals surface area contributed by atoms with Crippen LogP contribution in [0.5, 0.6) is 0 Å². The number of hydrogen-bond donors (Lipinski definition) is 2. The second-order valence-electron chi connectivity index (χ2n) is 9.66. The molecule has 2 aliphatic rings. The minimum absolute atomic E-state index is 0.0565. The fourth-order valence-corrected chi connectivity index (χ4v) is 5.06. The topological polar surface area (TPSA) is 91.0 Å². The first-order valence-electron chi connectivity index (χ1n) is 12.8. The number of carbonyl (C=O) groups is 3. The van der Waals surface area contributed by atoms with Gasteiger partial charge in [-0.05, 0) is 43.2 Å². The summed E-state index contributed by atoms with van der Waals surface area (Å²) in [6.45, 7) is 3.11. The normalized spacial score (nSPS) is 19.7. The summed E-state index contributed by atoms with van der Waals surface area (Å²) in [7, 11) is 1.76. The van der Waals surface area contributed by atoms with Gasteiger partial charge >= 0.3 is 6.09 Å². The third-order valence-electron chi connectivity index (χ3n) is 7.39. The van der Waals surface area contributed by atoms with Gasteiger partial charge in [0.1, 0.15) is 18.2 Å². The van der Waals surface area contributed by atoms with E-state index in [1.807, 2.05) is 36.4 Å². The highest BCUT2D eigenvalue weighted by Crippen LogP contribution is 2.32. The van der Waals surface area contributed by atoms with Gasteiger partial charge in [0.2, 0.25) is 11.8 Å². The number of hydrogen-bond acceptors (Lipinski definition) is 5. The van der Waals surface area contributed by atoms with Gasteiger partial charge in [-0.25, -0.2) is 4.79 Å². The van der Waals surface area contributed by atoms with Gasteiger partial charge in [-0.3, -0.25) is 9.59 Å². The number of piperidine rings is 1. The van der Waals surface area contributed by atoms with E-state index in [0.717, 1.165) is 31.6 Å². The first-order valence-corrected chi connectivity index (χ1v) is 12.8. The molecule has 36 heavy (non-hydrogen) atoms. The van der Waals surface area contributed by atoms with Crippen LogP contribution in [0.4, 0.5) is 4.79 Å². The van der Waals surface area contributed by atoms with E-state index in [1.54, 1.807) is 11.9 Å². The molecule has 0 saturated carbocycles. The molecule has 2 aromatic carbocycles. The van der Waals surface area contributed by atoms with Crippen molar-refractivity contribution in [2.45, 2.75) is 50.3 Å². The summed E-state index contributed by atoms with van der Waals surface area (Å²) in [6, 6.07) is 19.3. The maximum absolute atomic E-state index is 13.2. The lowest BCUT2D eigenvalue weighted by Gasteiger charge is -2.50. The van der Waals surface area contributed by atoms with Gasteiger partial charge in [0.15, 0.2) is 0 Å². The molecule has 3 amide bonds. The molecule has 2 N–H and O–H groups in total. The number of benzene rings is 2. The Kier molecular flexibility index (Phi) is 8.59. The number of likely N-dealkylation sites (N-methyl/N-ethyl adjacent to an activating group) is 1. The van der Waals surface area contributed by atoms with Crippen LogP contribution in [-0.2, 0) is 27.4 Å². The first-order chi connectivity index (χ1) is 17.5. The first kappa shape index (κ1) is 25.7. The summed E-state index contributed by atoms with van der Waals surface area (Å²) < 4.78 is 5.20. The van der Waals surface area contributed by atoms with Crippen LogP contribution in [0.2, 0.25) is 0 Å². The van der Waals surface area contributed by atoms with E-state index < -0.39 is 17.7 Å². The van der Waals surface area contributed by atoms with Crippen molar-refractivity contribution >= 4 is 17.9 Å². The molecule has 192 valence electrons. The molecule has 1 spiro atoms. The summed E-state index contributed by atoms with van der Waals surface area (Å²) in [6.07, 6.45) is 2.78. The summed E-state index contributed by atoms with van der Waals surface area (Å²) in [4.78, 5) is 42.2. The summed E-state index contributed by atoms with van der Waals surface area (Å²) in [5.41, 5.74) is 1.46. The smallest absolute Gasteiger partial charge is 0.407 e. The molecule has 0 aromatic heterocycles. The molecule has 8 nitrogen and oxygen atoms in total. The van der Waals surface area contributed by atoms with E-state index in [2.05, 4.69) is 39.8 Å². The third-order valence-corrected chi connectivity index (χ3v) is 7.39. The number of ether oxygens (including phenoxy) is 1. The van der Waals surface area contributed by atoms with Gasteiger partial charge in [-0.2, -0.15) is 0 Å². The highest BCUT2D eigenvalue weighted by Gasteiger charge is 2.51. The molecule has 1 atom stereocenters. The van der Waals surface area contributed by atoms with E-state index in [-0.39, 0.29) is 18.4 Å². The van der Waals surface area contributed by atoms with Crippen molar-refractivity contribution in [3.63, 3.8) is 0 Å². The van der Waals surface area contributed by atoms with Crippen molar-refractivity contribution in [1.29, 1.82) is 0 Å². The average molecular weight is 493 g/mol. The van der Waals surface area contributed by atoms with Crippen LogP contribution < -0.4 is 10.6 Å². The molecule has 4 rings (SSSR count). The zero-order chi connectivity index (χ0) is 25.4. The van der Waals surface area contributed by atoms with Gasteiger partial charge in [0, 0.05) is 33.2 Å². The SMILES string of the molecule is CN1C(=O)[C@H](CCCNC(=O)OCc2ccccc2)NC(=O)C12CCN(CCc1ccccc1)CC2. The number of nitrogens with one attached hydrogen (secondary N) is 2. The predicted octanol–water partition coefficient (Wildman–Crippen LogP) is 2.73. The largest absolute Gasteiger partial charge is 0.445 e. The summed E-state index contributed by atoms with van der Waals surface area (Å²) in [5.74, 6) is -0.119. The zero-order valence-corrected chi connectivity index (χ0v) is 20.9. The minimum Gasteiger partial charge on any atom is -0.445 e. The van der Waals surface area contributed by atoms with E-state index in [1.165, 1.54) is 5.56 Å². The summed E-state index contributed by atoms with van der Waals surface area (Å²) >= 11 is 0. The zero-order valence-electron chi connectivity index (χ0n) is 20.9. The Hall–Kier alpha value is -3.39. The van der Waals surface area contributed by atoms with Crippen molar-refractivity contribution in [2.75, 3.05) is 33.2 Å². The van der Waals surface area contributed by atoms with E-state index in [4.69, 9.17) is 4.74 Å². The Bertz CT molecular complexity index is 1020. The van der Waals surface area contributed by atoms with Crippen LogP contribution in [0.3, 0.4) is 0 Å². The Morgan fingerprint density at radius 1 is 1.03 bits per heavy atom. The fraction of sp³-hybridized carbons (Fsp3) is 0.464. The van der Waals surface area contributed by atoms with Gasteiger partial charge < -0.3 is 25.2 Å². The number of rotatable bonds is 9. The second kappa shape index (κ2) is 12.0. The molecule has 0 unspecified atom stereocenters. The van der Waals surface area contributed by atoms with Gasteiger partial charge in [0.25, 0.3) is 0 Å². The summed E-state index contributed by atoms with van der Waals surface area (Å²) in [5, 5.41) is 5.68. The van der Waals surface area contributed by atoms with E-state index >= 15 is 0 Å². The molecule has 8 heteroatoms.